The van der Waals surface area contributed by atoms with Crippen molar-refractivity contribution in [2.45, 2.75) is 25.6 Å². The molecule has 24 heavy (non-hydrogen) atoms. The Morgan fingerprint density at radius 1 is 1.25 bits per heavy atom. The Hall–Kier alpha value is -1.84. The van der Waals surface area contributed by atoms with Gasteiger partial charge in [-0.15, -0.1) is 0 Å². The van der Waals surface area contributed by atoms with E-state index in [4.69, 9.17) is 11.6 Å². The second-order valence-electron chi connectivity index (χ2n) is 6.64. The number of alkyl halides is 1. The van der Waals surface area contributed by atoms with Gasteiger partial charge in [-0.1, -0.05) is 41.9 Å². The lowest BCUT2D eigenvalue weighted by atomic mass is 9.98. The van der Waals surface area contributed by atoms with Gasteiger partial charge in [0.1, 0.15) is 6.17 Å². The zero-order valence-electron chi connectivity index (χ0n) is 13.7. The van der Waals surface area contributed by atoms with Crippen LogP contribution in [0.1, 0.15) is 28.6 Å². The minimum absolute atomic E-state index is 0.330. The number of halogens is 2. The zero-order chi connectivity index (χ0) is 16.7. The molecule has 4 rings (SSSR count). The lowest BCUT2D eigenvalue weighted by Crippen LogP contribution is -2.26. The van der Waals surface area contributed by atoms with Crippen LogP contribution in [0, 0.1) is 0 Å². The third kappa shape index (κ3) is 2.83. The van der Waals surface area contributed by atoms with E-state index < -0.39 is 6.17 Å². The van der Waals surface area contributed by atoms with Crippen molar-refractivity contribution in [1.82, 2.24) is 9.88 Å². The molecule has 1 aromatic heterocycles. The molecule has 0 bridgehead atoms. The molecule has 124 valence electrons. The van der Waals surface area contributed by atoms with E-state index in [1.807, 2.05) is 42.5 Å². The van der Waals surface area contributed by atoms with Crippen molar-refractivity contribution in [2.75, 3.05) is 13.6 Å². The largest absolute Gasteiger partial charge is 0.357 e. The molecule has 1 unspecified atom stereocenters. The first-order valence-corrected chi connectivity index (χ1v) is 8.69. The van der Waals surface area contributed by atoms with Crippen LogP contribution in [0.15, 0.2) is 42.5 Å². The molecule has 1 N–H and O–H groups in total. The maximum Gasteiger partial charge on any atom is 0.129 e. The topological polar surface area (TPSA) is 19.0 Å². The summed E-state index contributed by atoms with van der Waals surface area (Å²) in [5.41, 5.74) is 5.27. The number of hydrogen-bond acceptors (Lipinski definition) is 1. The van der Waals surface area contributed by atoms with Crippen molar-refractivity contribution in [1.29, 1.82) is 0 Å². The minimum Gasteiger partial charge on any atom is -0.357 e. The summed E-state index contributed by atoms with van der Waals surface area (Å²) in [6.45, 7) is 1.94. The summed E-state index contributed by atoms with van der Waals surface area (Å²) in [7, 11) is 2.12. The maximum absolute atomic E-state index is 14.8. The van der Waals surface area contributed by atoms with Crippen molar-refractivity contribution in [3.63, 3.8) is 0 Å². The van der Waals surface area contributed by atoms with Gasteiger partial charge in [-0.3, -0.25) is 0 Å². The maximum atomic E-state index is 14.8. The Labute approximate surface area is 146 Å². The first-order chi connectivity index (χ1) is 11.6. The summed E-state index contributed by atoms with van der Waals surface area (Å²) in [5, 5.41) is 1.83. The molecule has 0 aliphatic carbocycles. The Bertz CT molecular complexity index is 872. The van der Waals surface area contributed by atoms with Crippen LogP contribution in [0.4, 0.5) is 4.39 Å². The van der Waals surface area contributed by atoms with Crippen LogP contribution in [0.2, 0.25) is 5.02 Å². The fourth-order valence-electron chi connectivity index (χ4n) is 3.64. The molecule has 0 radical (unpaired) electrons. The van der Waals surface area contributed by atoms with Crippen molar-refractivity contribution in [2.24, 2.45) is 0 Å². The Balaban J connectivity index is 1.75. The second-order valence-corrected chi connectivity index (χ2v) is 7.08. The molecule has 3 aromatic rings. The van der Waals surface area contributed by atoms with Gasteiger partial charge >= 0.3 is 0 Å². The predicted molar refractivity (Wildman–Crippen MR) is 97.3 cm³/mol. The molecule has 0 fully saturated rings. The minimum atomic E-state index is -1.03. The molecule has 2 aromatic carbocycles. The van der Waals surface area contributed by atoms with E-state index in [9.17, 15) is 4.39 Å². The summed E-state index contributed by atoms with van der Waals surface area (Å²) >= 11 is 6.33. The highest BCUT2D eigenvalue weighted by atomic mass is 35.5. The van der Waals surface area contributed by atoms with Gasteiger partial charge in [-0.25, -0.2) is 4.39 Å². The molecular formula is C20H20ClFN2. The fourth-order valence-corrected chi connectivity index (χ4v) is 3.88. The van der Waals surface area contributed by atoms with Gasteiger partial charge in [0.25, 0.3) is 0 Å². The zero-order valence-corrected chi connectivity index (χ0v) is 14.4. The summed E-state index contributed by atoms with van der Waals surface area (Å²) < 4.78 is 14.8. The highest BCUT2D eigenvalue weighted by Gasteiger charge is 2.21. The lowest BCUT2D eigenvalue weighted by molar-refractivity contribution is 0.310. The lowest BCUT2D eigenvalue weighted by Gasteiger charge is -2.22. The average molecular weight is 343 g/mol. The molecule has 2 nitrogen and oxygen atoms in total. The molecule has 0 amide bonds. The standard InChI is InChI=1S/C20H20ClFN2/c1-24-8-7-16-17-11-15(21)9-14(20(17)23-19(16)12-24)10-18(22)13-5-3-2-4-6-13/h2-6,9,11,18,23H,7-8,10,12H2,1H3. The van der Waals surface area contributed by atoms with E-state index >= 15 is 0 Å². The van der Waals surface area contributed by atoms with Crippen LogP contribution >= 0.6 is 11.6 Å². The van der Waals surface area contributed by atoms with Gasteiger partial charge in [0.05, 0.1) is 0 Å². The number of rotatable bonds is 3. The van der Waals surface area contributed by atoms with Crippen LogP contribution in [0.3, 0.4) is 0 Å². The Morgan fingerprint density at radius 3 is 2.83 bits per heavy atom. The number of likely N-dealkylation sites (N-methyl/N-ethyl adjacent to an activating group) is 1. The molecule has 1 aliphatic rings. The van der Waals surface area contributed by atoms with Gasteiger partial charge < -0.3 is 9.88 Å². The van der Waals surface area contributed by atoms with E-state index in [0.29, 0.717) is 17.0 Å². The van der Waals surface area contributed by atoms with E-state index in [2.05, 4.69) is 16.9 Å². The molecule has 1 aliphatic heterocycles. The number of nitrogens with zero attached hydrogens (tertiary/aromatic N) is 1. The molecule has 1 atom stereocenters. The number of aromatic nitrogens is 1. The van der Waals surface area contributed by atoms with Crippen molar-refractivity contribution >= 4 is 22.5 Å². The fraction of sp³-hybridized carbons (Fsp3) is 0.300. The van der Waals surface area contributed by atoms with Gasteiger partial charge in [0.15, 0.2) is 0 Å². The van der Waals surface area contributed by atoms with Crippen LogP contribution in [0.5, 0.6) is 0 Å². The molecule has 2 heterocycles. The van der Waals surface area contributed by atoms with Crippen molar-refractivity contribution in [3.05, 3.63) is 69.9 Å². The second kappa shape index (κ2) is 6.23. The predicted octanol–water partition coefficient (Wildman–Crippen LogP) is 5.06. The highest BCUT2D eigenvalue weighted by molar-refractivity contribution is 6.31. The molecule has 0 saturated heterocycles. The quantitative estimate of drug-likeness (QED) is 0.704. The van der Waals surface area contributed by atoms with Gasteiger partial charge in [-0.2, -0.15) is 0 Å². The number of fused-ring (bicyclic) bond motifs is 3. The molecule has 4 heteroatoms. The third-order valence-corrected chi connectivity index (χ3v) is 5.10. The van der Waals surface area contributed by atoms with Crippen LogP contribution in [0.25, 0.3) is 10.9 Å². The Morgan fingerprint density at radius 2 is 2.04 bits per heavy atom. The average Bonchev–Trinajstić information content (AvgIpc) is 2.93. The number of nitrogens with one attached hydrogen (secondary N) is 1. The van der Waals surface area contributed by atoms with E-state index in [-0.39, 0.29) is 0 Å². The van der Waals surface area contributed by atoms with Crippen molar-refractivity contribution < 1.29 is 4.39 Å². The molecule has 0 saturated carbocycles. The van der Waals surface area contributed by atoms with E-state index in [1.54, 1.807) is 0 Å². The van der Waals surface area contributed by atoms with Crippen LogP contribution in [-0.4, -0.2) is 23.5 Å². The van der Waals surface area contributed by atoms with Gasteiger partial charge in [0.2, 0.25) is 0 Å². The van der Waals surface area contributed by atoms with Crippen molar-refractivity contribution in [3.8, 4) is 0 Å². The van der Waals surface area contributed by atoms with E-state index in [1.165, 1.54) is 11.3 Å². The van der Waals surface area contributed by atoms with Gasteiger partial charge in [0, 0.05) is 41.1 Å². The number of hydrogen-bond donors (Lipinski definition) is 1. The van der Waals surface area contributed by atoms with Gasteiger partial charge in [-0.05, 0) is 42.3 Å². The first kappa shape index (κ1) is 15.7. The summed E-state index contributed by atoms with van der Waals surface area (Å²) in [6.07, 6.45) is 0.301. The molecule has 0 spiro atoms. The normalized spacial score (nSPS) is 16.3. The highest BCUT2D eigenvalue weighted by Crippen LogP contribution is 2.34. The summed E-state index contributed by atoms with van der Waals surface area (Å²) in [4.78, 5) is 5.82. The summed E-state index contributed by atoms with van der Waals surface area (Å²) in [6, 6.07) is 13.2. The van der Waals surface area contributed by atoms with E-state index in [0.717, 1.165) is 36.0 Å². The SMILES string of the molecule is CN1CCc2c([nH]c3c(CC(F)c4ccccc4)cc(Cl)cc23)C1. The summed E-state index contributed by atoms with van der Waals surface area (Å²) in [5.74, 6) is 0. The third-order valence-electron chi connectivity index (χ3n) is 4.88. The first-order valence-electron chi connectivity index (χ1n) is 8.31. The monoisotopic (exact) mass is 342 g/mol. The smallest absolute Gasteiger partial charge is 0.129 e. The Kier molecular flexibility index (Phi) is 4.07. The van der Waals surface area contributed by atoms with Crippen LogP contribution < -0.4 is 0 Å². The molecular weight excluding hydrogens is 323 g/mol. The van der Waals surface area contributed by atoms with Crippen LogP contribution in [-0.2, 0) is 19.4 Å². The number of aromatic amines is 1. The number of benzene rings is 2. The number of H-pyrrole nitrogens is 1.